The number of aromatic hydroxyl groups is 7. The van der Waals surface area contributed by atoms with E-state index < -0.39 is 36.1 Å². The van der Waals surface area contributed by atoms with Crippen molar-refractivity contribution in [3.05, 3.63) is 166 Å². The van der Waals surface area contributed by atoms with Gasteiger partial charge in [-0.1, -0.05) is 48.5 Å². The summed E-state index contributed by atoms with van der Waals surface area (Å²) in [5.74, 6) is -1.20. The quantitative estimate of drug-likeness (QED) is 0.0917. The second kappa shape index (κ2) is 12.5. The molecule has 0 radical (unpaired) electrons. The zero-order valence-corrected chi connectivity index (χ0v) is 27.0. The molecule has 51 heavy (non-hydrogen) atoms. The van der Waals surface area contributed by atoms with Gasteiger partial charge in [0.2, 0.25) is 0 Å². The minimum Gasteiger partial charge on any atom is -0.508 e. The lowest BCUT2D eigenvalue weighted by Gasteiger charge is -2.29. The van der Waals surface area contributed by atoms with Gasteiger partial charge in [-0.25, -0.2) is 0 Å². The zero-order valence-electron chi connectivity index (χ0n) is 27.0. The predicted octanol–water partition coefficient (Wildman–Crippen LogP) is 8.27. The number of hydrogen-bond donors (Lipinski definition) is 7. The normalized spacial score (nSPS) is 22.4. The molecule has 0 aromatic heterocycles. The van der Waals surface area contributed by atoms with Crippen LogP contribution in [0.25, 0.3) is 0 Å². The van der Waals surface area contributed by atoms with Crippen molar-refractivity contribution in [3.63, 3.8) is 0 Å². The topological polar surface area (TPSA) is 160 Å². The molecule has 1 saturated heterocycles. The molecule has 1 fully saturated rings. The lowest BCUT2D eigenvalue weighted by atomic mass is 9.71. The monoisotopic (exact) mass is 682 g/mol. The maximum absolute atomic E-state index is 10.7. The van der Waals surface area contributed by atoms with Gasteiger partial charge in [-0.05, 0) is 100 Å². The second-order valence-corrected chi connectivity index (χ2v) is 13.1. The Labute approximate surface area is 293 Å². The molecular formula is C42H34O9. The first-order valence-corrected chi connectivity index (χ1v) is 16.5. The predicted molar refractivity (Wildman–Crippen MR) is 188 cm³/mol. The van der Waals surface area contributed by atoms with E-state index >= 15 is 0 Å². The Balaban J connectivity index is 1.39. The van der Waals surface area contributed by atoms with Crippen molar-refractivity contribution < 1.29 is 45.2 Å². The van der Waals surface area contributed by atoms with Crippen molar-refractivity contribution in [1.82, 2.24) is 0 Å². The largest absolute Gasteiger partial charge is 0.508 e. The van der Waals surface area contributed by atoms with Crippen LogP contribution in [0.4, 0.5) is 0 Å². The lowest BCUT2D eigenvalue weighted by Crippen LogP contribution is -2.17. The maximum atomic E-state index is 10.7. The highest BCUT2D eigenvalue weighted by atomic mass is 16.5. The van der Waals surface area contributed by atoms with E-state index in [1.165, 1.54) is 12.1 Å². The Morgan fingerprint density at radius 3 is 1.29 bits per heavy atom. The van der Waals surface area contributed by atoms with E-state index in [1.54, 1.807) is 97.1 Å². The molecule has 2 aliphatic heterocycles. The van der Waals surface area contributed by atoms with Gasteiger partial charge < -0.3 is 45.2 Å². The summed E-state index contributed by atoms with van der Waals surface area (Å²) in [6.07, 6.45) is -1.88. The molecule has 0 aliphatic carbocycles. The fourth-order valence-corrected chi connectivity index (χ4v) is 7.86. The third kappa shape index (κ3) is 5.87. The van der Waals surface area contributed by atoms with E-state index in [4.69, 9.17) is 9.47 Å². The van der Waals surface area contributed by atoms with Crippen LogP contribution in [0.5, 0.6) is 46.0 Å². The lowest BCUT2D eigenvalue weighted by molar-refractivity contribution is 0.0366. The maximum Gasteiger partial charge on any atom is 0.135 e. The minimum atomic E-state index is -0.634. The third-order valence-corrected chi connectivity index (χ3v) is 9.92. The van der Waals surface area contributed by atoms with Crippen LogP contribution < -0.4 is 4.74 Å². The first-order valence-electron chi connectivity index (χ1n) is 16.5. The Morgan fingerprint density at radius 2 is 0.804 bits per heavy atom. The fraction of sp³-hybridized carbons (Fsp3) is 0.143. The van der Waals surface area contributed by atoms with Gasteiger partial charge in [0, 0.05) is 29.5 Å². The van der Waals surface area contributed by atoms with Gasteiger partial charge in [0.05, 0.1) is 18.1 Å². The number of ether oxygens (including phenoxy) is 2. The molecule has 8 rings (SSSR count). The molecule has 0 unspecified atom stereocenters. The van der Waals surface area contributed by atoms with Crippen molar-refractivity contribution in [2.45, 2.75) is 36.1 Å². The number of benzene rings is 6. The summed E-state index contributed by atoms with van der Waals surface area (Å²) in [4.78, 5) is 0. The molecule has 9 heteroatoms. The van der Waals surface area contributed by atoms with E-state index in [9.17, 15) is 35.7 Å². The van der Waals surface area contributed by atoms with E-state index in [2.05, 4.69) is 0 Å². The molecule has 9 nitrogen and oxygen atoms in total. The molecule has 0 amide bonds. The van der Waals surface area contributed by atoms with E-state index in [0.29, 0.717) is 16.9 Å². The van der Waals surface area contributed by atoms with Crippen LogP contribution in [0.1, 0.15) is 75.0 Å². The van der Waals surface area contributed by atoms with Crippen molar-refractivity contribution >= 4 is 0 Å². The SMILES string of the molecule is Oc1ccc([C@H]2O[C@H](c3ccc(O)cc3)[C@@H](c3cccc4c3[C@@H](c3cc(O)cc(O)c3)[C@H](c3ccc(O)cc3)O4)[C@@H]2c2cc(O)cc(O)c2)cc1. The van der Waals surface area contributed by atoms with Crippen molar-refractivity contribution in [2.24, 2.45) is 0 Å². The van der Waals surface area contributed by atoms with Crippen LogP contribution in [0, 0.1) is 0 Å². The molecular weight excluding hydrogens is 648 g/mol. The third-order valence-electron chi connectivity index (χ3n) is 9.92. The number of hydrogen-bond acceptors (Lipinski definition) is 9. The number of fused-ring (bicyclic) bond motifs is 1. The smallest absolute Gasteiger partial charge is 0.135 e. The van der Waals surface area contributed by atoms with E-state index in [0.717, 1.165) is 27.8 Å². The van der Waals surface area contributed by atoms with Crippen molar-refractivity contribution in [3.8, 4) is 46.0 Å². The summed E-state index contributed by atoms with van der Waals surface area (Å²) in [6.45, 7) is 0. The van der Waals surface area contributed by atoms with Crippen molar-refractivity contribution in [1.29, 1.82) is 0 Å². The van der Waals surface area contributed by atoms with Crippen LogP contribution in [0.3, 0.4) is 0 Å². The van der Waals surface area contributed by atoms with Gasteiger partial charge in [-0.15, -0.1) is 0 Å². The first kappa shape index (κ1) is 31.9. The highest BCUT2D eigenvalue weighted by Gasteiger charge is 2.50. The molecule has 0 spiro atoms. The Morgan fingerprint density at radius 1 is 0.373 bits per heavy atom. The fourth-order valence-electron chi connectivity index (χ4n) is 7.86. The van der Waals surface area contributed by atoms with Gasteiger partial charge in [0.1, 0.15) is 52.1 Å². The Hall–Kier alpha value is -6.32. The van der Waals surface area contributed by atoms with Gasteiger partial charge in [0.15, 0.2) is 0 Å². The van der Waals surface area contributed by atoms with Crippen molar-refractivity contribution in [2.75, 3.05) is 0 Å². The summed E-state index contributed by atoms with van der Waals surface area (Å²) in [6, 6.07) is 34.9. The molecule has 0 bridgehead atoms. The summed E-state index contributed by atoms with van der Waals surface area (Å²) < 4.78 is 13.7. The summed E-state index contributed by atoms with van der Waals surface area (Å²) in [5.41, 5.74) is 5.11. The molecule has 6 atom stereocenters. The molecule has 2 aliphatic rings. The van der Waals surface area contributed by atoms with Crippen LogP contribution >= 0.6 is 0 Å². The number of phenols is 7. The van der Waals surface area contributed by atoms with Crippen LogP contribution in [-0.2, 0) is 4.74 Å². The van der Waals surface area contributed by atoms with Crippen LogP contribution in [0.15, 0.2) is 127 Å². The summed E-state index contributed by atoms with van der Waals surface area (Å²) in [7, 11) is 0. The molecule has 256 valence electrons. The zero-order chi connectivity index (χ0) is 35.4. The van der Waals surface area contributed by atoms with E-state index in [-0.39, 0.29) is 40.2 Å². The number of phenolic OH excluding ortho intramolecular Hbond substituents is 7. The van der Waals surface area contributed by atoms with E-state index in [1.807, 2.05) is 18.2 Å². The molecule has 7 N–H and O–H groups in total. The Kier molecular flexibility index (Phi) is 7.84. The minimum absolute atomic E-state index is 0.0884. The average Bonchev–Trinajstić information content (AvgIpc) is 3.69. The highest BCUT2D eigenvalue weighted by Crippen LogP contribution is 2.63. The van der Waals surface area contributed by atoms with Crippen LogP contribution in [0.2, 0.25) is 0 Å². The van der Waals surface area contributed by atoms with Gasteiger partial charge in [-0.2, -0.15) is 0 Å². The van der Waals surface area contributed by atoms with Crippen LogP contribution in [-0.4, -0.2) is 35.7 Å². The molecule has 2 heterocycles. The highest BCUT2D eigenvalue weighted by molar-refractivity contribution is 5.58. The molecule has 6 aromatic carbocycles. The second-order valence-electron chi connectivity index (χ2n) is 13.1. The average molecular weight is 683 g/mol. The summed E-state index contributed by atoms with van der Waals surface area (Å²) >= 11 is 0. The standard InChI is InChI=1S/C42H34O9/c43-27-10-4-22(5-11-27)40-36(25-16-30(46)20-31(47)17-25)38-34(2-1-3-35(38)50-40)39-37(26-18-32(48)21-33(49)19-26)41(23-6-12-28(44)13-7-23)51-42(39)24-8-14-29(45)15-9-24/h1-21,36-37,39-49H/t36-,37+,39+,40+,41-,42-/m1/s1. The van der Waals surface area contributed by atoms with Gasteiger partial charge in [-0.3, -0.25) is 0 Å². The molecule has 6 aromatic rings. The Bertz CT molecular complexity index is 2170. The number of rotatable bonds is 6. The summed E-state index contributed by atoms with van der Waals surface area (Å²) in [5, 5.41) is 73.3. The molecule has 0 saturated carbocycles. The van der Waals surface area contributed by atoms with Gasteiger partial charge >= 0.3 is 0 Å². The first-order chi connectivity index (χ1) is 24.6. The van der Waals surface area contributed by atoms with Gasteiger partial charge in [0.25, 0.3) is 0 Å².